The first-order valence-electron chi connectivity index (χ1n) is 13.7. The van der Waals surface area contributed by atoms with E-state index in [0.29, 0.717) is 31.5 Å². The molecule has 12 heteroatoms. The van der Waals surface area contributed by atoms with Gasteiger partial charge < -0.3 is 34.4 Å². The molecule has 212 valence electrons. The average molecular weight is 550 g/mol. The van der Waals surface area contributed by atoms with E-state index in [9.17, 15) is 4.79 Å². The summed E-state index contributed by atoms with van der Waals surface area (Å²) in [4.78, 5) is 33.3. The van der Waals surface area contributed by atoms with Crippen LogP contribution in [0, 0.1) is 0 Å². The molecule has 1 aromatic carbocycles. The fourth-order valence-electron chi connectivity index (χ4n) is 4.98. The van der Waals surface area contributed by atoms with E-state index in [1.54, 1.807) is 18.6 Å². The lowest BCUT2D eigenvalue weighted by atomic mass is 10.1. The predicted octanol–water partition coefficient (Wildman–Crippen LogP) is 3.53. The number of carboxylic acids is 1. The van der Waals surface area contributed by atoms with Crippen molar-refractivity contribution in [1.29, 1.82) is 0 Å². The summed E-state index contributed by atoms with van der Waals surface area (Å²) in [7, 11) is 0. The molecular weight excluding hydrogens is 514 g/mol. The zero-order chi connectivity index (χ0) is 27.7. The molecule has 3 aromatic rings. The summed E-state index contributed by atoms with van der Waals surface area (Å²) >= 11 is 0. The highest BCUT2D eigenvalue weighted by atomic mass is 16.5. The average Bonchev–Trinajstić information content (AvgIpc) is 2.98. The van der Waals surface area contributed by atoms with E-state index in [1.807, 2.05) is 37.3 Å². The van der Waals surface area contributed by atoms with Gasteiger partial charge in [-0.1, -0.05) is 12.1 Å². The van der Waals surface area contributed by atoms with Crippen molar-refractivity contribution in [2.24, 2.45) is 0 Å². The van der Waals surface area contributed by atoms with Crippen LogP contribution in [-0.4, -0.2) is 82.6 Å². The van der Waals surface area contributed by atoms with Gasteiger partial charge in [-0.25, -0.2) is 14.8 Å². The van der Waals surface area contributed by atoms with Gasteiger partial charge in [-0.15, -0.1) is 0 Å². The third-order valence-corrected chi connectivity index (χ3v) is 6.79. The number of hydrogen-bond acceptors (Lipinski definition) is 11. The summed E-state index contributed by atoms with van der Waals surface area (Å²) in [5, 5.41) is 12.1. The number of hydrogen-bond donors (Lipinski definition) is 2. The first-order chi connectivity index (χ1) is 19.6. The number of nitrogens with zero attached hydrogens (tertiary/aromatic N) is 6. The van der Waals surface area contributed by atoms with E-state index < -0.39 is 5.97 Å². The number of carboxylic acid groups (broad SMARTS) is 1. The van der Waals surface area contributed by atoms with Crippen LogP contribution in [0.2, 0.25) is 0 Å². The standard InChI is InChI=1S/C28H35N7O5/c1-2-38-22-9-3-4-10-23(22)40-21-8-6-14-35(18-21)26-16-29-15-24(31-26)32-28-30-12-11-25(33-28)34-13-5-7-20(17-34)39-19-27(36)37/h3-4,9-12,15-16,20-21H,2,5-8,13-14,17-19H2,1H3,(H,36,37)(H,30,31,32,33)/t20-,21-/m1/s1. The maximum Gasteiger partial charge on any atom is 0.329 e. The van der Waals surface area contributed by atoms with Gasteiger partial charge in [0.1, 0.15) is 24.3 Å². The summed E-state index contributed by atoms with van der Waals surface area (Å²) in [6.07, 6.45) is 8.57. The number of anilines is 4. The number of benzene rings is 1. The summed E-state index contributed by atoms with van der Waals surface area (Å²) in [6, 6.07) is 9.60. The van der Waals surface area contributed by atoms with Crippen molar-refractivity contribution in [3.63, 3.8) is 0 Å². The van der Waals surface area contributed by atoms with Crippen LogP contribution < -0.4 is 24.6 Å². The maximum absolute atomic E-state index is 10.9. The van der Waals surface area contributed by atoms with Crippen LogP contribution in [0.15, 0.2) is 48.9 Å². The lowest BCUT2D eigenvalue weighted by Gasteiger charge is -2.34. The Morgan fingerprint density at radius 1 is 1.00 bits per heavy atom. The van der Waals surface area contributed by atoms with Crippen LogP contribution in [0.5, 0.6) is 11.5 Å². The van der Waals surface area contributed by atoms with Crippen molar-refractivity contribution in [2.75, 3.05) is 54.5 Å². The third kappa shape index (κ3) is 7.26. The second-order valence-corrected chi connectivity index (χ2v) is 9.75. The van der Waals surface area contributed by atoms with Gasteiger partial charge >= 0.3 is 5.97 Å². The van der Waals surface area contributed by atoms with Crippen LogP contribution in [0.1, 0.15) is 32.6 Å². The Hall–Kier alpha value is -4.19. The van der Waals surface area contributed by atoms with E-state index in [0.717, 1.165) is 61.9 Å². The highest BCUT2D eigenvalue weighted by molar-refractivity contribution is 5.68. The molecular formula is C28H35N7O5. The van der Waals surface area contributed by atoms with Crippen LogP contribution >= 0.6 is 0 Å². The Kier molecular flexibility index (Phi) is 9.07. The molecule has 0 bridgehead atoms. The number of nitrogens with one attached hydrogen (secondary N) is 1. The van der Waals surface area contributed by atoms with Crippen LogP contribution in [0.4, 0.5) is 23.4 Å². The Morgan fingerprint density at radius 3 is 2.55 bits per heavy atom. The molecule has 0 radical (unpaired) electrons. The van der Waals surface area contributed by atoms with Crippen molar-refractivity contribution in [1.82, 2.24) is 19.9 Å². The molecule has 40 heavy (non-hydrogen) atoms. The molecule has 0 unspecified atom stereocenters. The summed E-state index contributed by atoms with van der Waals surface area (Å²) in [5.41, 5.74) is 0. The number of piperidine rings is 2. The van der Waals surface area contributed by atoms with Crippen molar-refractivity contribution in [3.8, 4) is 11.5 Å². The number of ether oxygens (including phenoxy) is 3. The molecule has 5 rings (SSSR count). The topological polar surface area (TPSA) is 135 Å². The van der Waals surface area contributed by atoms with Crippen LogP contribution in [0.25, 0.3) is 0 Å². The van der Waals surface area contributed by atoms with Gasteiger partial charge in [0.25, 0.3) is 0 Å². The second-order valence-electron chi connectivity index (χ2n) is 9.75. The summed E-state index contributed by atoms with van der Waals surface area (Å²) in [6.45, 7) is 5.18. The van der Waals surface area contributed by atoms with E-state index in [4.69, 9.17) is 24.3 Å². The highest BCUT2D eigenvalue weighted by Crippen LogP contribution is 2.30. The Morgan fingerprint density at radius 2 is 1.75 bits per heavy atom. The van der Waals surface area contributed by atoms with Gasteiger partial charge in [0.15, 0.2) is 17.3 Å². The van der Waals surface area contributed by atoms with Crippen molar-refractivity contribution < 1.29 is 24.1 Å². The zero-order valence-electron chi connectivity index (χ0n) is 22.6. The van der Waals surface area contributed by atoms with E-state index in [-0.39, 0.29) is 18.8 Å². The third-order valence-electron chi connectivity index (χ3n) is 6.79. The molecule has 0 saturated carbocycles. The number of aromatic nitrogens is 4. The van der Waals surface area contributed by atoms with E-state index in [2.05, 4.69) is 30.1 Å². The number of rotatable bonds is 11. The quantitative estimate of drug-likeness (QED) is 0.362. The van der Waals surface area contributed by atoms with Gasteiger partial charge in [-0.2, -0.15) is 4.98 Å². The first-order valence-corrected chi connectivity index (χ1v) is 13.7. The van der Waals surface area contributed by atoms with Crippen LogP contribution in [-0.2, 0) is 9.53 Å². The number of para-hydroxylation sites is 2. The normalized spacial score (nSPS) is 19.2. The largest absolute Gasteiger partial charge is 0.490 e. The minimum atomic E-state index is -0.964. The van der Waals surface area contributed by atoms with Crippen LogP contribution in [0.3, 0.4) is 0 Å². The molecule has 2 atom stereocenters. The molecule has 4 heterocycles. The van der Waals surface area contributed by atoms with Crippen molar-refractivity contribution in [2.45, 2.75) is 44.8 Å². The molecule has 12 nitrogen and oxygen atoms in total. The van der Waals surface area contributed by atoms with Gasteiger partial charge in [0, 0.05) is 25.8 Å². The van der Waals surface area contributed by atoms with E-state index >= 15 is 0 Å². The molecule has 0 amide bonds. The Balaban J connectivity index is 1.22. The molecule has 2 aromatic heterocycles. The summed E-state index contributed by atoms with van der Waals surface area (Å²) in [5.74, 6) is 2.99. The van der Waals surface area contributed by atoms with Gasteiger partial charge in [0.05, 0.1) is 31.6 Å². The minimum Gasteiger partial charge on any atom is -0.490 e. The van der Waals surface area contributed by atoms with Gasteiger partial charge in [-0.3, -0.25) is 4.98 Å². The Labute approximate surface area is 233 Å². The van der Waals surface area contributed by atoms with Gasteiger partial charge in [0.2, 0.25) is 5.95 Å². The maximum atomic E-state index is 10.9. The SMILES string of the molecule is CCOc1ccccc1O[C@@H]1CCCN(c2cncc(Nc3nccc(N4CCC[C@@H](OCC(=O)O)C4)n3)n2)C1. The minimum absolute atomic E-state index is 0.00151. The summed E-state index contributed by atoms with van der Waals surface area (Å²) < 4.78 is 17.6. The molecule has 2 N–H and O–H groups in total. The fraction of sp³-hybridized carbons (Fsp3) is 0.464. The first kappa shape index (κ1) is 27.4. The monoisotopic (exact) mass is 549 g/mol. The molecule has 2 aliphatic rings. The number of aliphatic carboxylic acids is 1. The van der Waals surface area contributed by atoms with Crippen molar-refractivity contribution in [3.05, 3.63) is 48.9 Å². The lowest BCUT2D eigenvalue weighted by molar-refractivity contribution is -0.144. The van der Waals surface area contributed by atoms with Gasteiger partial charge in [-0.05, 0) is 50.8 Å². The van der Waals surface area contributed by atoms with E-state index in [1.165, 1.54) is 0 Å². The van der Waals surface area contributed by atoms with Crippen molar-refractivity contribution >= 4 is 29.4 Å². The molecule has 2 saturated heterocycles. The smallest absolute Gasteiger partial charge is 0.329 e. The number of carbonyl (C=O) groups is 1. The molecule has 2 aliphatic heterocycles. The molecule has 0 aliphatic carbocycles. The zero-order valence-corrected chi connectivity index (χ0v) is 22.6. The lowest BCUT2D eigenvalue weighted by Crippen LogP contribution is -2.41. The predicted molar refractivity (Wildman–Crippen MR) is 150 cm³/mol. The fourth-order valence-corrected chi connectivity index (χ4v) is 4.98. The molecule has 2 fully saturated rings. The second kappa shape index (κ2) is 13.2. The highest BCUT2D eigenvalue weighted by Gasteiger charge is 2.25. The molecule has 0 spiro atoms. The Bertz CT molecular complexity index is 1280.